The van der Waals surface area contributed by atoms with Gasteiger partial charge in [0.1, 0.15) is 0 Å². The molecule has 0 fully saturated rings. The normalized spacial score (nSPS) is 14.1. The first-order valence-corrected chi connectivity index (χ1v) is 7.51. The summed E-state index contributed by atoms with van der Waals surface area (Å²) in [5, 5.41) is 3.41. The van der Waals surface area contributed by atoms with Crippen molar-refractivity contribution in [2.24, 2.45) is 0 Å². The SMILES string of the molecule is CCOC(CNCc1ccc2c(c1)CCN2C)OCC. The van der Waals surface area contributed by atoms with Crippen molar-refractivity contribution < 1.29 is 9.47 Å². The molecule has 112 valence electrons. The number of anilines is 1. The second kappa shape index (κ2) is 7.62. The number of likely N-dealkylation sites (N-methyl/N-ethyl adjacent to an activating group) is 1. The number of rotatable bonds is 8. The van der Waals surface area contributed by atoms with E-state index in [1.165, 1.54) is 16.8 Å². The summed E-state index contributed by atoms with van der Waals surface area (Å²) in [6, 6.07) is 6.73. The molecule has 0 radical (unpaired) electrons. The molecule has 4 heteroatoms. The van der Waals surface area contributed by atoms with Gasteiger partial charge in [-0.05, 0) is 37.5 Å². The Morgan fingerprint density at radius 1 is 1.25 bits per heavy atom. The molecule has 2 rings (SSSR count). The van der Waals surface area contributed by atoms with Crippen LogP contribution in [0.5, 0.6) is 0 Å². The second-order valence-electron chi connectivity index (χ2n) is 5.11. The number of hydrogen-bond donors (Lipinski definition) is 1. The van der Waals surface area contributed by atoms with Crippen LogP contribution < -0.4 is 10.2 Å². The maximum Gasteiger partial charge on any atom is 0.169 e. The zero-order valence-electron chi connectivity index (χ0n) is 12.8. The highest BCUT2D eigenvalue weighted by Crippen LogP contribution is 2.27. The highest BCUT2D eigenvalue weighted by Gasteiger charge is 2.15. The molecule has 4 nitrogen and oxygen atoms in total. The van der Waals surface area contributed by atoms with Gasteiger partial charge in [-0.2, -0.15) is 0 Å². The number of hydrogen-bond acceptors (Lipinski definition) is 4. The molecule has 1 aliphatic heterocycles. The highest BCUT2D eigenvalue weighted by molar-refractivity contribution is 5.58. The molecule has 0 amide bonds. The van der Waals surface area contributed by atoms with Gasteiger partial charge >= 0.3 is 0 Å². The van der Waals surface area contributed by atoms with Crippen molar-refractivity contribution >= 4 is 5.69 Å². The zero-order chi connectivity index (χ0) is 14.4. The number of fused-ring (bicyclic) bond motifs is 1. The minimum atomic E-state index is -0.148. The Morgan fingerprint density at radius 2 is 2.00 bits per heavy atom. The fourth-order valence-electron chi connectivity index (χ4n) is 2.60. The van der Waals surface area contributed by atoms with Gasteiger partial charge in [-0.1, -0.05) is 12.1 Å². The van der Waals surface area contributed by atoms with Crippen molar-refractivity contribution in [3.63, 3.8) is 0 Å². The van der Waals surface area contributed by atoms with Crippen molar-refractivity contribution in [2.45, 2.75) is 33.1 Å². The topological polar surface area (TPSA) is 33.7 Å². The predicted octanol–water partition coefficient (Wildman–Crippen LogP) is 2.17. The molecule has 0 aliphatic carbocycles. The van der Waals surface area contributed by atoms with Crippen molar-refractivity contribution in [1.29, 1.82) is 0 Å². The average molecular weight is 278 g/mol. The van der Waals surface area contributed by atoms with Crippen molar-refractivity contribution in [2.75, 3.05) is 38.3 Å². The van der Waals surface area contributed by atoms with Crippen LogP contribution in [0.3, 0.4) is 0 Å². The van der Waals surface area contributed by atoms with Crippen LogP contribution in [0, 0.1) is 0 Å². The minimum absolute atomic E-state index is 0.148. The fraction of sp³-hybridized carbons (Fsp3) is 0.625. The van der Waals surface area contributed by atoms with Gasteiger partial charge in [0, 0.05) is 45.6 Å². The maximum atomic E-state index is 5.52. The number of benzene rings is 1. The highest BCUT2D eigenvalue weighted by atomic mass is 16.7. The fourth-order valence-corrected chi connectivity index (χ4v) is 2.60. The maximum absolute atomic E-state index is 5.52. The Bertz CT molecular complexity index is 417. The van der Waals surface area contributed by atoms with E-state index in [1.54, 1.807) is 0 Å². The third-order valence-corrected chi connectivity index (χ3v) is 3.62. The van der Waals surface area contributed by atoms with Crippen molar-refractivity contribution in [1.82, 2.24) is 5.32 Å². The molecule has 0 aromatic heterocycles. The molecule has 0 unspecified atom stereocenters. The van der Waals surface area contributed by atoms with Gasteiger partial charge in [-0.15, -0.1) is 0 Å². The predicted molar refractivity (Wildman–Crippen MR) is 82.2 cm³/mol. The van der Waals surface area contributed by atoms with E-state index in [1.807, 2.05) is 13.8 Å². The van der Waals surface area contributed by atoms with E-state index >= 15 is 0 Å². The number of nitrogens with one attached hydrogen (secondary N) is 1. The summed E-state index contributed by atoms with van der Waals surface area (Å²) in [6.07, 6.45) is 1.01. The summed E-state index contributed by atoms with van der Waals surface area (Å²) < 4.78 is 11.0. The molecule has 0 bridgehead atoms. The van der Waals surface area contributed by atoms with Crippen LogP contribution in [0.1, 0.15) is 25.0 Å². The summed E-state index contributed by atoms with van der Waals surface area (Å²) in [4.78, 5) is 2.31. The monoisotopic (exact) mass is 278 g/mol. The Kier molecular flexibility index (Phi) is 5.83. The van der Waals surface area contributed by atoms with Gasteiger partial charge in [-0.25, -0.2) is 0 Å². The van der Waals surface area contributed by atoms with E-state index in [9.17, 15) is 0 Å². The van der Waals surface area contributed by atoms with Gasteiger partial charge in [0.2, 0.25) is 0 Å². The largest absolute Gasteiger partial charge is 0.374 e. The summed E-state index contributed by atoms with van der Waals surface area (Å²) in [6.45, 7) is 8.04. The Labute approximate surface area is 122 Å². The van der Waals surface area contributed by atoms with Crippen LogP contribution in [0.4, 0.5) is 5.69 Å². The van der Waals surface area contributed by atoms with Gasteiger partial charge in [0.25, 0.3) is 0 Å². The van der Waals surface area contributed by atoms with Gasteiger partial charge in [0.05, 0.1) is 0 Å². The molecule has 0 spiro atoms. The van der Waals surface area contributed by atoms with Crippen molar-refractivity contribution in [3.05, 3.63) is 29.3 Å². The van der Waals surface area contributed by atoms with E-state index in [4.69, 9.17) is 9.47 Å². The van der Waals surface area contributed by atoms with E-state index in [0.717, 1.165) is 26.1 Å². The summed E-state index contributed by atoms with van der Waals surface area (Å²) >= 11 is 0. The quantitative estimate of drug-likeness (QED) is 0.739. The smallest absolute Gasteiger partial charge is 0.169 e. The second-order valence-corrected chi connectivity index (χ2v) is 5.11. The van der Waals surface area contributed by atoms with Crippen molar-refractivity contribution in [3.8, 4) is 0 Å². The molecule has 0 saturated carbocycles. The van der Waals surface area contributed by atoms with Crippen LogP contribution in [0.25, 0.3) is 0 Å². The lowest BCUT2D eigenvalue weighted by molar-refractivity contribution is -0.133. The summed E-state index contributed by atoms with van der Waals surface area (Å²) in [7, 11) is 2.15. The minimum Gasteiger partial charge on any atom is -0.374 e. The Balaban J connectivity index is 1.82. The van der Waals surface area contributed by atoms with E-state index in [0.29, 0.717) is 13.2 Å². The third-order valence-electron chi connectivity index (χ3n) is 3.62. The number of ether oxygens (including phenoxy) is 2. The average Bonchev–Trinajstić information content (AvgIpc) is 2.80. The zero-order valence-corrected chi connectivity index (χ0v) is 12.8. The Morgan fingerprint density at radius 3 is 2.70 bits per heavy atom. The third kappa shape index (κ3) is 3.95. The van der Waals surface area contributed by atoms with E-state index in [-0.39, 0.29) is 6.29 Å². The molecule has 1 aromatic carbocycles. The molecule has 1 aliphatic rings. The van der Waals surface area contributed by atoms with Gasteiger partial charge < -0.3 is 19.7 Å². The van der Waals surface area contributed by atoms with Gasteiger partial charge in [0.15, 0.2) is 6.29 Å². The lowest BCUT2D eigenvalue weighted by Gasteiger charge is -2.17. The summed E-state index contributed by atoms with van der Waals surface area (Å²) in [5.41, 5.74) is 4.15. The van der Waals surface area contributed by atoms with Crippen LogP contribution in [-0.4, -0.2) is 39.6 Å². The Hall–Kier alpha value is -1.10. The molecule has 1 heterocycles. The molecule has 1 aromatic rings. The van der Waals surface area contributed by atoms with E-state index < -0.39 is 0 Å². The first-order chi connectivity index (χ1) is 9.74. The standard InChI is InChI=1S/C16H26N2O2/c1-4-19-16(20-5-2)12-17-11-13-6-7-15-14(10-13)8-9-18(15)3/h6-7,10,16-17H,4-5,8-9,11-12H2,1-3H3. The van der Waals surface area contributed by atoms with E-state index in [2.05, 4.69) is 35.5 Å². The molecular formula is C16H26N2O2. The lowest BCUT2D eigenvalue weighted by atomic mass is 10.1. The lowest BCUT2D eigenvalue weighted by Crippen LogP contribution is -2.31. The molecule has 1 N–H and O–H groups in total. The van der Waals surface area contributed by atoms with Crippen LogP contribution >= 0.6 is 0 Å². The first-order valence-electron chi connectivity index (χ1n) is 7.51. The first kappa shape index (κ1) is 15.3. The van der Waals surface area contributed by atoms with Crippen LogP contribution in [0.15, 0.2) is 18.2 Å². The van der Waals surface area contributed by atoms with Crippen LogP contribution in [-0.2, 0) is 22.4 Å². The molecule has 0 saturated heterocycles. The van der Waals surface area contributed by atoms with Crippen LogP contribution in [0.2, 0.25) is 0 Å². The molecular weight excluding hydrogens is 252 g/mol. The summed E-state index contributed by atoms with van der Waals surface area (Å²) in [5.74, 6) is 0. The molecule has 20 heavy (non-hydrogen) atoms. The number of nitrogens with zero attached hydrogens (tertiary/aromatic N) is 1. The molecule has 0 atom stereocenters. The van der Waals surface area contributed by atoms with Gasteiger partial charge in [-0.3, -0.25) is 0 Å².